The van der Waals surface area contributed by atoms with Gasteiger partial charge in [0.2, 0.25) is 0 Å². The van der Waals surface area contributed by atoms with Crippen molar-refractivity contribution in [1.29, 1.82) is 0 Å². The van der Waals surface area contributed by atoms with Crippen molar-refractivity contribution >= 4 is 17.3 Å². The number of carboxylic acid groups (broad SMARTS) is 1. The summed E-state index contributed by atoms with van der Waals surface area (Å²) in [6.07, 6.45) is 0. The van der Waals surface area contributed by atoms with E-state index in [1.54, 1.807) is 12.1 Å². The van der Waals surface area contributed by atoms with Crippen LogP contribution < -0.4 is 11.1 Å². The van der Waals surface area contributed by atoms with Crippen molar-refractivity contribution in [2.24, 2.45) is 0 Å². The van der Waals surface area contributed by atoms with Crippen LogP contribution >= 0.6 is 0 Å². The quantitative estimate of drug-likeness (QED) is 0.700. The lowest BCUT2D eigenvalue weighted by atomic mass is 10.1. The molecule has 0 saturated carbocycles. The number of nitrogen functional groups attached to an aromatic ring is 1. The maximum atomic E-state index is 10.9. The number of anilines is 2. The second-order valence-electron chi connectivity index (χ2n) is 5.07. The van der Waals surface area contributed by atoms with Gasteiger partial charge in [-0.1, -0.05) is 0 Å². The smallest absolute Gasteiger partial charge is 0.335 e. The average Bonchev–Trinajstić information content (AvgIpc) is 2.42. The highest BCUT2D eigenvalue weighted by molar-refractivity contribution is 5.90. The van der Waals surface area contributed by atoms with Crippen molar-refractivity contribution in [3.8, 4) is 0 Å². The van der Waals surface area contributed by atoms with E-state index in [1.807, 2.05) is 0 Å². The number of nitrogens with zero attached hydrogens (tertiary/aromatic N) is 1. The molecule has 6 heteroatoms. The molecule has 1 aromatic carbocycles. The Morgan fingerprint density at radius 1 is 1.50 bits per heavy atom. The number of nitrogens with two attached hydrogens (primary N) is 1. The molecule has 1 aliphatic rings. The predicted molar refractivity (Wildman–Crippen MR) is 78.2 cm³/mol. The lowest BCUT2D eigenvalue weighted by Gasteiger charge is -2.30. The predicted octanol–water partition coefficient (Wildman–Crippen LogP) is 1.10. The van der Waals surface area contributed by atoms with Gasteiger partial charge in [-0.25, -0.2) is 4.79 Å². The van der Waals surface area contributed by atoms with Gasteiger partial charge >= 0.3 is 5.97 Å². The Labute approximate surface area is 118 Å². The molecule has 0 aliphatic carbocycles. The minimum absolute atomic E-state index is 0.203. The van der Waals surface area contributed by atoms with Crippen LogP contribution in [0.25, 0.3) is 0 Å². The summed E-state index contributed by atoms with van der Waals surface area (Å²) in [5, 5.41) is 12.2. The first-order valence-electron chi connectivity index (χ1n) is 6.75. The van der Waals surface area contributed by atoms with E-state index in [4.69, 9.17) is 15.6 Å². The number of nitrogens with one attached hydrogen (secondary N) is 1. The van der Waals surface area contributed by atoms with Crippen molar-refractivity contribution in [1.82, 2.24) is 4.90 Å². The van der Waals surface area contributed by atoms with E-state index in [-0.39, 0.29) is 11.6 Å². The zero-order chi connectivity index (χ0) is 14.5. The molecule has 1 heterocycles. The Kier molecular flexibility index (Phi) is 4.81. The standard InChI is InChI=1S/C14H21N3O3/c1-10(9-17-4-6-20-7-5-17)16-13-3-2-11(14(18)19)8-12(13)15/h2-3,8,10,16H,4-7,9,15H2,1H3,(H,18,19). The number of benzene rings is 1. The minimum atomic E-state index is -0.968. The third-order valence-corrected chi connectivity index (χ3v) is 3.34. The van der Waals surface area contributed by atoms with Crippen LogP contribution in [0.3, 0.4) is 0 Å². The second-order valence-corrected chi connectivity index (χ2v) is 5.07. The summed E-state index contributed by atoms with van der Waals surface area (Å²) < 4.78 is 5.32. The molecular weight excluding hydrogens is 258 g/mol. The van der Waals surface area contributed by atoms with Gasteiger partial charge in [-0.15, -0.1) is 0 Å². The molecule has 2 rings (SSSR count). The topological polar surface area (TPSA) is 87.8 Å². The van der Waals surface area contributed by atoms with Gasteiger partial charge in [0.25, 0.3) is 0 Å². The normalized spacial score (nSPS) is 17.6. The maximum Gasteiger partial charge on any atom is 0.335 e. The van der Waals surface area contributed by atoms with Crippen molar-refractivity contribution < 1.29 is 14.6 Å². The third kappa shape index (κ3) is 3.85. The van der Waals surface area contributed by atoms with Crippen LogP contribution in [0, 0.1) is 0 Å². The van der Waals surface area contributed by atoms with Crippen LogP contribution in [-0.2, 0) is 4.74 Å². The fourth-order valence-corrected chi connectivity index (χ4v) is 2.31. The highest BCUT2D eigenvalue weighted by Crippen LogP contribution is 2.21. The van der Waals surface area contributed by atoms with Crippen LogP contribution in [0.5, 0.6) is 0 Å². The summed E-state index contributed by atoms with van der Waals surface area (Å²) in [7, 11) is 0. The largest absolute Gasteiger partial charge is 0.478 e. The molecule has 0 aromatic heterocycles. The summed E-state index contributed by atoms with van der Waals surface area (Å²) >= 11 is 0. The van der Waals surface area contributed by atoms with Gasteiger partial charge in [0.05, 0.1) is 30.2 Å². The third-order valence-electron chi connectivity index (χ3n) is 3.34. The summed E-state index contributed by atoms with van der Waals surface area (Å²) in [6.45, 7) is 6.44. The fourth-order valence-electron chi connectivity index (χ4n) is 2.31. The summed E-state index contributed by atoms with van der Waals surface area (Å²) in [5.41, 5.74) is 7.31. The van der Waals surface area contributed by atoms with Gasteiger partial charge in [0, 0.05) is 25.7 Å². The van der Waals surface area contributed by atoms with Gasteiger partial charge in [-0.05, 0) is 25.1 Å². The molecule has 1 aromatic rings. The Hall–Kier alpha value is -1.79. The van der Waals surface area contributed by atoms with Crippen LogP contribution in [0.4, 0.5) is 11.4 Å². The maximum absolute atomic E-state index is 10.9. The van der Waals surface area contributed by atoms with Crippen LogP contribution in [0.15, 0.2) is 18.2 Å². The first-order chi connectivity index (χ1) is 9.56. The number of hydrogen-bond donors (Lipinski definition) is 3. The van der Waals surface area contributed by atoms with Gasteiger partial charge in [-0.2, -0.15) is 0 Å². The van der Waals surface area contributed by atoms with E-state index in [0.29, 0.717) is 5.69 Å². The average molecular weight is 279 g/mol. The molecule has 6 nitrogen and oxygen atoms in total. The number of carboxylic acids is 1. The second kappa shape index (κ2) is 6.58. The van der Waals surface area contributed by atoms with Crippen LogP contribution in [-0.4, -0.2) is 54.9 Å². The van der Waals surface area contributed by atoms with E-state index in [1.165, 1.54) is 6.07 Å². The number of morpholine rings is 1. The lowest BCUT2D eigenvalue weighted by Crippen LogP contribution is -2.42. The molecule has 0 amide bonds. The number of rotatable bonds is 5. The molecule has 0 spiro atoms. The molecule has 4 N–H and O–H groups in total. The Morgan fingerprint density at radius 2 is 2.20 bits per heavy atom. The number of ether oxygens (including phenoxy) is 1. The molecule has 0 radical (unpaired) electrons. The summed E-state index contributed by atoms with van der Waals surface area (Å²) in [6, 6.07) is 4.98. The zero-order valence-electron chi connectivity index (χ0n) is 11.6. The van der Waals surface area contributed by atoms with Gasteiger partial charge in [-0.3, -0.25) is 4.90 Å². The molecule has 20 heavy (non-hydrogen) atoms. The molecule has 1 aliphatic heterocycles. The molecular formula is C14H21N3O3. The molecule has 110 valence electrons. The highest BCUT2D eigenvalue weighted by atomic mass is 16.5. The first-order valence-corrected chi connectivity index (χ1v) is 6.75. The number of aromatic carboxylic acids is 1. The van der Waals surface area contributed by atoms with E-state index in [9.17, 15) is 4.79 Å². The van der Waals surface area contributed by atoms with Crippen molar-refractivity contribution in [3.05, 3.63) is 23.8 Å². The molecule has 1 atom stereocenters. The van der Waals surface area contributed by atoms with Gasteiger partial charge in [0.1, 0.15) is 0 Å². The van der Waals surface area contributed by atoms with Crippen molar-refractivity contribution in [2.45, 2.75) is 13.0 Å². The minimum Gasteiger partial charge on any atom is -0.478 e. The first kappa shape index (κ1) is 14.6. The van der Waals surface area contributed by atoms with Crippen molar-refractivity contribution in [3.63, 3.8) is 0 Å². The molecule has 1 saturated heterocycles. The lowest BCUT2D eigenvalue weighted by molar-refractivity contribution is 0.0368. The Bertz CT molecular complexity index is 473. The van der Waals surface area contributed by atoms with E-state index in [2.05, 4.69) is 17.1 Å². The van der Waals surface area contributed by atoms with Gasteiger partial charge < -0.3 is 20.9 Å². The molecule has 1 fully saturated rings. The fraction of sp³-hybridized carbons (Fsp3) is 0.500. The Morgan fingerprint density at radius 3 is 2.80 bits per heavy atom. The van der Waals surface area contributed by atoms with Gasteiger partial charge in [0.15, 0.2) is 0 Å². The highest BCUT2D eigenvalue weighted by Gasteiger charge is 2.14. The number of carbonyl (C=O) groups is 1. The van der Waals surface area contributed by atoms with Crippen LogP contribution in [0.2, 0.25) is 0 Å². The van der Waals surface area contributed by atoms with Crippen molar-refractivity contribution in [2.75, 3.05) is 43.9 Å². The molecule has 1 unspecified atom stereocenters. The SMILES string of the molecule is CC(CN1CCOCC1)Nc1ccc(C(=O)O)cc1N. The van der Waals surface area contributed by atoms with E-state index in [0.717, 1.165) is 38.5 Å². The van der Waals surface area contributed by atoms with Crippen LogP contribution in [0.1, 0.15) is 17.3 Å². The zero-order valence-corrected chi connectivity index (χ0v) is 11.6. The van der Waals surface area contributed by atoms with E-state index < -0.39 is 5.97 Å². The monoisotopic (exact) mass is 279 g/mol. The molecule has 0 bridgehead atoms. The summed E-state index contributed by atoms with van der Waals surface area (Å²) in [4.78, 5) is 13.2. The Balaban J connectivity index is 1.93. The summed E-state index contributed by atoms with van der Waals surface area (Å²) in [5.74, 6) is -0.968. The number of hydrogen-bond acceptors (Lipinski definition) is 5. The van der Waals surface area contributed by atoms with E-state index >= 15 is 0 Å².